The van der Waals surface area contributed by atoms with Crippen LogP contribution in [-0.2, 0) is 6.18 Å². The number of ether oxygens (including phenoxy) is 1. The van der Waals surface area contributed by atoms with E-state index in [1.807, 2.05) is 0 Å². The number of fused-ring (bicyclic) bond motifs is 1. The van der Waals surface area contributed by atoms with Crippen LogP contribution in [0.4, 0.5) is 18.9 Å². The largest absolute Gasteiger partial charge is 0.478 e. The zero-order chi connectivity index (χ0) is 20.5. The molecule has 0 saturated heterocycles. The summed E-state index contributed by atoms with van der Waals surface area (Å²) in [5.41, 5.74) is -1.55. The standard InChI is InChI=1S/C18H14F3N3O4/c1-2-28-17-23-13-8-9(7-11(16(26)27)14(13)24-17)22-15(25)10-5-3-4-6-12(10)18(19,20)21/h3-8H,2H2,1H3,(H,22,25)(H,23,24)(H,26,27). The van der Waals surface area contributed by atoms with Crippen LogP contribution >= 0.6 is 0 Å². The zero-order valence-corrected chi connectivity index (χ0v) is 14.4. The number of amides is 1. The smallest absolute Gasteiger partial charge is 0.417 e. The minimum Gasteiger partial charge on any atom is -0.478 e. The number of aromatic carboxylic acids is 1. The summed E-state index contributed by atoms with van der Waals surface area (Å²) in [6.45, 7) is 2.01. The summed E-state index contributed by atoms with van der Waals surface area (Å²) in [5, 5.41) is 11.7. The van der Waals surface area contributed by atoms with E-state index in [1.165, 1.54) is 18.2 Å². The van der Waals surface area contributed by atoms with E-state index in [1.54, 1.807) is 6.92 Å². The van der Waals surface area contributed by atoms with Crippen molar-refractivity contribution >= 4 is 28.6 Å². The average Bonchev–Trinajstić information content (AvgIpc) is 3.02. The molecule has 3 rings (SSSR count). The molecule has 0 saturated carbocycles. The van der Waals surface area contributed by atoms with Crippen LogP contribution in [0.25, 0.3) is 11.0 Å². The fourth-order valence-electron chi connectivity index (χ4n) is 2.66. The monoisotopic (exact) mass is 393 g/mol. The highest BCUT2D eigenvalue weighted by atomic mass is 19.4. The number of halogens is 3. The van der Waals surface area contributed by atoms with E-state index < -0.39 is 29.2 Å². The Kier molecular flexibility index (Phi) is 4.95. The number of rotatable bonds is 5. The second-order valence-corrected chi connectivity index (χ2v) is 5.70. The van der Waals surface area contributed by atoms with Gasteiger partial charge in [-0.05, 0) is 31.2 Å². The Hall–Kier alpha value is -3.56. The molecule has 3 N–H and O–H groups in total. The van der Waals surface area contributed by atoms with Crippen LogP contribution < -0.4 is 10.1 Å². The highest BCUT2D eigenvalue weighted by molar-refractivity contribution is 6.08. The number of carbonyl (C=O) groups is 2. The van der Waals surface area contributed by atoms with Crippen LogP contribution in [0.5, 0.6) is 6.01 Å². The minimum absolute atomic E-state index is 0.00132. The summed E-state index contributed by atoms with van der Waals surface area (Å²) in [6.07, 6.45) is -4.71. The van der Waals surface area contributed by atoms with Crippen molar-refractivity contribution < 1.29 is 32.6 Å². The zero-order valence-electron chi connectivity index (χ0n) is 14.4. The van der Waals surface area contributed by atoms with E-state index in [2.05, 4.69) is 15.3 Å². The maximum absolute atomic E-state index is 13.1. The molecule has 0 unspecified atom stereocenters. The second-order valence-electron chi connectivity index (χ2n) is 5.70. The number of carboxylic acid groups (broad SMARTS) is 1. The lowest BCUT2D eigenvalue weighted by molar-refractivity contribution is -0.137. The number of alkyl halides is 3. The molecule has 0 fully saturated rings. The SMILES string of the molecule is CCOc1nc2c(C(=O)O)cc(NC(=O)c3ccccc3C(F)(F)F)cc2[nH]1. The van der Waals surface area contributed by atoms with Gasteiger partial charge in [0.2, 0.25) is 0 Å². The Morgan fingerprint density at radius 1 is 1.21 bits per heavy atom. The van der Waals surface area contributed by atoms with Crippen LogP contribution in [0.2, 0.25) is 0 Å². The summed E-state index contributed by atoms with van der Waals surface area (Å²) in [5.74, 6) is -2.33. The van der Waals surface area contributed by atoms with Crippen molar-refractivity contribution in [1.82, 2.24) is 9.97 Å². The van der Waals surface area contributed by atoms with E-state index in [4.69, 9.17) is 4.74 Å². The molecule has 0 aliphatic heterocycles. The molecule has 1 heterocycles. The van der Waals surface area contributed by atoms with Gasteiger partial charge in [-0.15, -0.1) is 0 Å². The number of hydrogen-bond acceptors (Lipinski definition) is 4. The quantitative estimate of drug-likeness (QED) is 0.609. The molecule has 0 bridgehead atoms. The Balaban J connectivity index is 2.01. The van der Waals surface area contributed by atoms with Crippen LogP contribution in [0, 0.1) is 0 Å². The van der Waals surface area contributed by atoms with Gasteiger partial charge < -0.3 is 20.1 Å². The fourth-order valence-corrected chi connectivity index (χ4v) is 2.66. The number of hydrogen-bond donors (Lipinski definition) is 3. The fraction of sp³-hybridized carbons (Fsp3) is 0.167. The molecular weight excluding hydrogens is 379 g/mol. The molecule has 1 amide bonds. The van der Waals surface area contributed by atoms with Crippen LogP contribution in [0.15, 0.2) is 36.4 Å². The van der Waals surface area contributed by atoms with Crippen LogP contribution in [0.3, 0.4) is 0 Å². The highest BCUT2D eigenvalue weighted by Gasteiger charge is 2.34. The number of H-pyrrole nitrogens is 1. The first-order valence-electron chi connectivity index (χ1n) is 8.08. The van der Waals surface area contributed by atoms with Gasteiger partial charge in [-0.2, -0.15) is 18.2 Å². The molecule has 0 radical (unpaired) electrons. The Morgan fingerprint density at radius 3 is 2.57 bits per heavy atom. The summed E-state index contributed by atoms with van der Waals surface area (Å²) >= 11 is 0. The molecule has 28 heavy (non-hydrogen) atoms. The van der Waals surface area contributed by atoms with Crippen LogP contribution in [-0.4, -0.2) is 33.6 Å². The van der Waals surface area contributed by atoms with Crippen molar-refractivity contribution in [3.63, 3.8) is 0 Å². The molecule has 3 aromatic rings. The minimum atomic E-state index is -4.71. The first kappa shape index (κ1) is 19.2. The number of anilines is 1. The number of aromatic nitrogens is 2. The Morgan fingerprint density at radius 2 is 1.93 bits per heavy atom. The molecule has 10 heteroatoms. The average molecular weight is 393 g/mol. The number of imidazole rings is 1. The maximum Gasteiger partial charge on any atom is 0.417 e. The number of carbonyl (C=O) groups excluding carboxylic acids is 1. The second kappa shape index (κ2) is 7.22. The first-order valence-corrected chi connectivity index (χ1v) is 8.08. The van der Waals surface area contributed by atoms with Crippen LogP contribution in [0.1, 0.15) is 33.2 Å². The topological polar surface area (TPSA) is 104 Å². The van der Waals surface area contributed by atoms with E-state index in [9.17, 15) is 27.9 Å². The highest BCUT2D eigenvalue weighted by Crippen LogP contribution is 2.32. The van der Waals surface area contributed by atoms with Gasteiger partial charge in [0.15, 0.2) is 0 Å². The summed E-state index contributed by atoms with van der Waals surface area (Å²) in [7, 11) is 0. The molecule has 0 atom stereocenters. The first-order chi connectivity index (χ1) is 13.2. The molecular formula is C18H14F3N3O4. The molecule has 0 aliphatic rings. The normalized spacial score (nSPS) is 11.4. The van der Waals surface area contributed by atoms with Crippen molar-refractivity contribution in [2.24, 2.45) is 0 Å². The third-order valence-electron chi connectivity index (χ3n) is 3.81. The number of aromatic amines is 1. The van der Waals surface area contributed by atoms with Gasteiger partial charge in [0.05, 0.1) is 28.8 Å². The predicted molar refractivity (Wildman–Crippen MR) is 93.6 cm³/mol. The summed E-state index contributed by atoms with van der Waals surface area (Å²) in [6, 6.07) is 6.89. The summed E-state index contributed by atoms with van der Waals surface area (Å²) in [4.78, 5) is 30.7. The Bertz CT molecular complexity index is 1060. The van der Waals surface area contributed by atoms with Crippen molar-refractivity contribution in [2.45, 2.75) is 13.1 Å². The van der Waals surface area contributed by atoms with Crippen molar-refractivity contribution in [3.8, 4) is 6.01 Å². The molecule has 2 aromatic carbocycles. The van der Waals surface area contributed by atoms with Gasteiger partial charge >= 0.3 is 12.1 Å². The molecule has 0 spiro atoms. The van der Waals surface area contributed by atoms with E-state index in [-0.39, 0.29) is 28.3 Å². The lowest BCUT2D eigenvalue weighted by Gasteiger charge is -2.13. The van der Waals surface area contributed by atoms with Crippen molar-refractivity contribution in [3.05, 3.63) is 53.1 Å². The van der Waals surface area contributed by atoms with Crippen molar-refractivity contribution in [1.29, 1.82) is 0 Å². The number of nitrogens with zero attached hydrogens (tertiary/aromatic N) is 1. The number of carboxylic acids is 1. The van der Waals surface area contributed by atoms with Gasteiger partial charge in [0, 0.05) is 5.69 Å². The number of nitrogens with one attached hydrogen (secondary N) is 2. The number of benzene rings is 2. The van der Waals surface area contributed by atoms with Gasteiger partial charge in [-0.25, -0.2) is 4.79 Å². The third-order valence-corrected chi connectivity index (χ3v) is 3.81. The molecule has 1 aromatic heterocycles. The van der Waals surface area contributed by atoms with Gasteiger partial charge in [0.25, 0.3) is 11.9 Å². The van der Waals surface area contributed by atoms with Gasteiger partial charge in [-0.1, -0.05) is 12.1 Å². The van der Waals surface area contributed by atoms with Crippen molar-refractivity contribution in [2.75, 3.05) is 11.9 Å². The van der Waals surface area contributed by atoms with Gasteiger partial charge in [0.1, 0.15) is 5.52 Å². The Labute approximate surface area is 156 Å². The molecule has 7 nitrogen and oxygen atoms in total. The van der Waals surface area contributed by atoms with E-state index in [0.717, 1.165) is 18.2 Å². The predicted octanol–water partition coefficient (Wildman–Crippen LogP) is 3.93. The lowest BCUT2D eigenvalue weighted by Crippen LogP contribution is -2.18. The molecule has 0 aliphatic carbocycles. The van der Waals surface area contributed by atoms with E-state index in [0.29, 0.717) is 6.61 Å². The van der Waals surface area contributed by atoms with E-state index >= 15 is 0 Å². The maximum atomic E-state index is 13.1. The lowest BCUT2D eigenvalue weighted by atomic mass is 10.1. The molecule has 146 valence electrons. The third kappa shape index (κ3) is 3.75. The summed E-state index contributed by atoms with van der Waals surface area (Å²) < 4.78 is 44.5. The van der Waals surface area contributed by atoms with Gasteiger partial charge in [-0.3, -0.25) is 4.79 Å².